The second-order valence-corrected chi connectivity index (χ2v) is 7.26. The van der Waals surface area contributed by atoms with Gasteiger partial charge in [-0.05, 0) is 44.7 Å². The number of hydrogen-bond donors (Lipinski definition) is 2. The van der Waals surface area contributed by atoms with Crippen LogP contribution in [0.3, 0.4) is 0 Å². The van der Waals surface area contributed by atoms with E-state index in [1.165, 1.54) is 25.7 Å². The van der Waals surface area contributed by atoms with Crippen molar-refractivity contribution in [3.05, 3.63) is 41.6 Å². The first-order chi connectivity index (χ1) is 10.1. The number of hydrazine groups is 1. The third kappa shape index (κ3) is 5.17. The van der Waals surface area contributed by atoms with E-state index in [0.717, 1.165) is 30.5 Å². The first kappa shape index (κ1) is 16.0. The molecule has 0 radical (unpaired) electrons. The molecule has 1 aliphatic rings. The van der Waals surface area contributed by atoms with Gasteiger partial charge in [-0.3, -0.25) is 0 Å². The zero-order chi connectivity index (χ0) is 15.1. The molecule has 21 heavy (non-hydrogen) atoms. The highest BCUT2D eigenvalue weighted by atomic mass is 32.2. The Kier molecular flexibility index (Phi) is 5.82. The van der Waals surface area contributed by atoms with Crippen LogP contribution in [0.2, 0.25) is 0 Å². The molecular formula is C16H24N2O2S. The van der Waals surface area contributed by atoms with Crippen molar-refractivity contribution >= 4 is 10.0 Å². The van der Waals surface area contributed by atoms with Crippen molar-refractivity contribution in [2.75, 3.05) is 0 Å². The van der Waals surface area contributed by atoms with Gasteiger partial charge in [-0.15, -0.1) is 4.83 Å². The van der Waals surface area contributed by atoms with E-state index in [2.05, 4.69) is 16.3 Å². The Bertz CT molecular complexity index is 577. The molecule has 0 amide bonds. The minimum Gasteiger partial charge on any atom is -0.312 e. The maximum absolute atomic E-state index is 12.2. The van der Waals surface area contributed by atoms with Crippen LogP contribution in [-0.4, -0.2) is 8.42 Å². The highest BCUT2D eigenvalue weighted by molar-refractivity contribution is 7.89. The molecule has 0 unspecified atom stereocenters. The summed E-state index contributed by atoms with van der Waals surface area (Å²) in [5.41, 5.74) is 4.92. The number of hydrogen-bond acceptors (Lipinski definition) is 3. The Balaban J connectivity index is 1.98. The molecule has 0 fully saturated rings. The monoisotopic (exact) mass is 308 g/mol. The van der Waals surface area contributed by atoms with Crippen molar-refractivity contribution < 1.29 is 8.42 Å². The quantitative estimate of drug-likeness (QED) is 0.838. The fraction of sp³-hybridized carbons (Fsp3) is 0.500. The summed E-state index contributed by atoms with van der Waals surface area (Å²) < 4.78 is 24.4. The van der Waals surface area contributed by atoms with Gasteiger partial charge >= 0.3 is 0 Å². The van der Waals surface area contributed by atoms with Gasteiger partial charge in [-0.2, -0.15) is 0 Å². The number of allylic oxidation sites excluding steroid dienone is 2. The number of aryl methyl sites for hydroxylation is 1. The van der Waals surface area contributed by atoms with Crippen molar-refractivity contribution in [2.45, 2.75) is 56.8 Å². The predicted molar refractivity (Wildman–Crippen MR) is 85.0 cm³/mol. The van der Waals surface area contributed by atoms with E-state index in [1.807, 2.05) is 6.92 Å². The third-order valence-corrected chi connectivity index (χ3v) is 4.98. The van der Waals surface area contributed by atoms with Gasteiger partial charge in [0.1, 0.15) is 0 Å². The molecule has 1 aromatic carbocycles. The topological polar surface area (TPSA) is 58.2 Å². The first-order valence-corrected chi connectivity index (χ1v) is 9.10. The molecule has 0 aromatic heterocycles. The summed E-state index contributed by atoms with van der Waals surface area (Å²) in [5, 5.41) is 0. The normalized spacial score (nSPS) is 17.3. The highest BCUT2D eigenvalue weighted by Gasteiger charge is 2.13. The van der Waals surface area contributed by atoms with Crippen LogP contribution in [0.25, 0.3) is 0 Å². The molecule has 0 heterocycles. The molecule has 5 heteroatoms. The van der Waals surface area contributed by atoms with Crippen LogP contribution in [0, 0.1) is 6.92 Å². The Morgan fingerprint density at radius 2 is 1.62 bits per heavy atom. The third-order valence-electron chi connectivity index (χ3n) is 3.72. The highest BCUT2D eigenvalue weighted by Crippen LogP contribution is 2.15. The molecule has 116 valence electrons. The minimum absolute atomic E-state index is 0.282. The molecule has 0 bridgehead atoms. The average molecular weight is 308 g/mol. The van der Waals surface area contributed by atoms with Gasteiger partial charge in [0, 0.05) is 5.70 Å². The van der Waals surface area contributed by atoms with E-state index in [0.29, 0.717) is 0 Å². The largest absolute Gasteiger partial charge is 0.312 e. The van der Waals surface area contributed by atoms with E-state index in [9.17, 15) is 8.42 Å². The Labute approximate surface area is 127 Å². The summed E-state index contributed by atoms with van der Waals surface area (Å²) in [6, 6.07) is 6.84. The van der Waals surface area contributed by atoms with Crippen LogP contribution >= 0.6 is 0 Å². The zero-order valence-electron chi connectivity index (χ0n) is 12.6. The zero-order valence-corrected chi connectivity index (χ0v) is 13.4. The maximum atomic E-state index is 12.2. The molecule has 0 atom stereocenters. The molecule has 0 spiro atoms. The fourth-order valence-corrected chi connectivity index (χ4v) is 3.27. The molecular weight excluding hydrogens is 284 g/mol. The van der Waals surface area contributed by atoms with Gasteiger partial charge in [0.2, 0.25) is 0 Å². The van der Waals surface area contributed by atoms with Crippen molar-refractivity contribution in [2.24, 2.45) is 0 Å². The van der Waals surface area contributed by atoms with Gasteiger partial charge in [-0.1, -0.05) is 43.0 Å². The summed E-state index contributed by atoms with van der Waals surface area (Å²) in [4.78, 5) is 2.77. The Morgan fingerprint density at radius 3 is 2.38 bits per heavy atom. The molecule has 2 rings (SSSR count). The fourth-order valence-electron chi connectivity index (χ4n) is 2.39. The lowest BCUT2D eigenvalue weighted by Gasteiger charge is -2.12. The van der Waals surface area contributed by atoms with Crippen molar-refractivity contribution in [1.29, 1.82) is 0 Å². The van der Waals surface area contributed by atoms with Crippen molar-refractivity contribution in [1.82, 2.24) is 10.3 Å². The smallest absolute Gasteiger partial charge is 0.257 e. The van der Waals surface area contributed by atoms with Crippen LogP contribution in [0.1, 0.15) is 50.5 Å². The summed E-state index contributed by atoms with van der Waals surface area (Å²) in [5.74, 6) is 0. The van der Waals surface area contributed by atoms with E-state index in [1.54, 1.807) is 24.3 Å². The number of nitrogens with one attached hydrogen (secondary N) is 2. The van der Waals surface area contributed by atoms with E-state index >= 15 is 0 Å². The van der Waals surface area contributed by atoms with Crippen LogP contribution in [-0.2, 0) is 10.0 Å². The Hall–Kier alpha value is -1.33. The maximum Gasteiger partial charge on any atom is 0.257 e. The summed E-state index contributed by atoms with van der Waals surface area (Å²) >= 11 is 0. The minimum atomic E-state index is -3.51. The van der Waals surface area contributed by atoms with Crippen LogP contribution in [0.5, 0.6) is 0 Å². The lowest BCUT2D eigenvalue weighted by Crippen LogP contribution is -2.36. The number of benzene rings is 1. The molecule has 0 aliphatic heterocycles. The van der Waals surface area contributed by atoms with Crippen LogP contribution in [0.4, 0.5) is 0 Å². The molecule has 0 saturated carbocycles. The average Bonchev–Trinajstić information content (AvgIpc) is 2.59. The second kappa shape index (κ2) is 7.61. The number of sulfonamides is 1. The van der Waals surface area contributed by atoms with E-state index in [-0.39, 0.29) is 4.90 Å². The summed E-state index contributed by atoms with van der Waals surface area (Å²) in [7, 11) is -3.51. The molecule has 1 aliphatic carbocycles. The first-order valence-electron chi connectivity index (χ1n) is 7.61. The van der Waals surface area contributed by atoms with Gasteiger partial charge < -0.3 is 5.43 Å². The standard InChI is InChI=1S/C16H24N2O2S/c1-14-10-12-16(13-11-14)21(19,20)18-17-15-8-6-4-2-3-5-7-9-15/h8,10-13,17-18H,2-7,9H2,1H3. The summed E-state index contributed by atoms with van der Waals surface area (Å²) in [6.07, 6.45) is 10.0. The van der Waals surface area contributed by atoms with Crippen LogP contribution in [0.15, 0.2) is 40.9 Å². The van der Waals surface area contributed by atoms with Crippen molar-refractivity contribution in [3.63, 3.8) is 0 Å². The number of rotatable bonds is 4. The molecule has 2 N–H and O–H groups in total. The predicted octanol–water partition coefficient (Wildman–Crippen LogP) is 3.41. The lowest BCUT2D eigenvalue weighted by atomic mass is 10.1. The molecule has 0 saturated heterocycles. The van der Waals surface area contributed by atoms with Gasteiger partial charge in [-0.25, -0.2) is 8.42 Å². The summed E-state index contributed by atoms with van der Waals surface area (Å²) in [6.45, 7) is 1.93. The van der Waals surface area contributed by atoms with Gasteiger partial charge in [0.05, 0.1) is 4.90 Å². The van der Waals surface area contributed by atoms with E-state index in [4.69, 9.17) is 0 Å². The van der Waals surface area contributed by atoms with Gasteiger partial charge in [0.15, 0.2) is 0 Å². The molecule has 4 nitrogen and oxygen atoms in total. The lowest BCUT2D eigenvalue weighted by molar-refractivity contribution is 0.563. The Morgan fingerprint density at radius 1 is 0.952 bits per heavy atom. The van der Waals surface area contributed by atoms with Gasteiger partial charge in [0.25, 0.3) is 10.0 Å². The second-order valence-electron chi connectivity index (χ2n) is 5.58. The van der Waals surface area contributed by atoms with E-state index < -0.39 is 10.0 Å². The SMILES string of the molecule is Cc1ccc(S(=O)(=O)NNC2=CCCCCCCC2)cc1. The van der Waals surface area contributed by atoms with Crippen molar-refractivity contribution in [3.8, 4) is 0 Å². The van der Waals surface area contributed by atoms with Crippen LogP contribution < -0.4 is 10.3 Å². The molecule has 1 aromatic rings.